The maximum atomic E-state index is 14.1. The minimum atomic E-state index is -1.12. The number of rotatable bonds is 12. The standard InChI is InChI=1S/C27H33F2NO4.ClH/c1-27(2,15-19-11-20-8-4-5-9-21(20)12-19)30-16-22(31)17-34-24-14-18(13-23(28)26(24)29)7-3-6-10-25(32)33;/h3-5,7-9,13-14,19,22,30-31H,6,10-12,15-17H2,1-2H3,(H,32,33);1H/b7-3+;/t22-;/m1./s1. The summed E-state index contributed by atoms with van der Waals surface area (Å²) in [7, 11) is 0. The van der Waals surface area contributed by atoms with Crippen LogP contribution in [0.15, 0.2) is 42.5 Å². The van der Waals surface area contributed by atoms with Crippen LogP contribution in [0, 0.1) is 17.6 Å². The van der Waals surface area contributed by atoms with Gasteiger partial charge in [-0.25, -0.2) is 4.39 Å². The largest absolute Gasteiger partial charge is 0.488 e. The summed E-state index contributed by atoms with van der Waals surface area (Å²) in [4.78, 5) is 10.6. The Labute approximate surface area is 211 Å². The molecule has 0 saturated heterocycles. The van der Waals surface area contributed by atoms with Crippen LogP contribution in [0.4, 0.5) is 8.78 Å². The summed E-state index contributed by atoms with van der Waals surface area (Å²) in [6, 6.07) is 10.8. The van der Waals surface area contributed by atoms with E-state index in [0.29, 0.717) is 11.5 Å². The Kier molecular flexibility index (Phi) is 10.7. The summed E-state index contributed by atoms with van der Waals surface area (Å²) >= 11 is 0. The molecule has 2 aromatic rings. The minimum Gasteiger partial charge on any atom is -0.488 e. The van der Waals surface area contributed by atoms with Crippen LogP contribution in [-0.2, 0) is 17.6 Å². The number of nitrogens with one attached hydrogen (secondary N) is 1. The molecule has 1 atom stereocenters. The fraction of sp³-hybridized carbons (Fsp3) is 0.444. The van der Waals surface area contributed by atoms with Gasteiger partial charge in [0.05, 0.1) is 0 Å². The number of aliphatic hydroxyl groups is 1. The fourth-order valence-electron chi connectivity index (χ4n) is 4.44. The van der Waals surface area contributed by atoms with E-state index in [0.717, 1.165) is 25.3 Å². The van der Waals surface area contributed by atoms with E-state index >= 15 is 0 Å². The van der Waals surface area contributed by atoms with Crippen LogP contribution >= 0.6 is 12.4 Å². The SMILES string of the molecule is CC(C)(CC1Cc2ccccc2C1)NC[C@@H](O)COc1cc(/C=C/CCC(=O)O)cc(F)c1F.Cl. The lowest BCUT2D eigenvalue weighted by Gasteiger charge is -2.30. The van der Waals surface area contributed by atoms with Gasteiger partial charge in [0.15, 0.2) is 11.6 Å². The normalized spacial score (nSPS) is 14.5. The van der Waals surface area contributed by atoms with Crippen LogP contribution in [0.3, 0.4) is 0 Å². The van der Waals surface area contributed by atoms with Crippen molar-refractivity contribution >= 4 is 24.5 Å². The lowest BCUT2D eigenvalue weighted by atomic mass is 9.88. The highest BCUT2D eigenvalue weighted by atomic mass is 35.5. The van der Waals surface area contributed by atoms with Crippen molar-refractivity contribution in [3.05, 3.63) is 70.8 Å². The number of benzene rings is 2. The highest BCUT2D eigenvalue weighted by Gasteiger charge is 2.28. The molecule has 0 spiro atoms. The Morgan fingerprint density at radius 2 is 1.89 bits per heavy atom. The summed E-state index contributed by atoms with van der Waals surface area (Å²) in [5.74, 6) is -2.87. The molecule has 3 rings (SSSR count). The average molecular weight is 510 g/mol. The zero-order valence-electron chi connectivity index (χ0n) is 20.1. The van der Waals surface area contributed by atoms with Crippen LogP contribution < -0.4 is 10.1 Å². The van der Waals surface area contributed by atoms with Crippen LogP contribution in [0.5, 0.6) is 5.75 Å². The number of ether oxygens (including phenoxy) is 1. The molecule has 0 radical (unpaired) electrons. The number of fused-ring (bicyclic) bond motifs is 1. The van der Waals surface area contributed by atoms with Crippen molar-refractivity contribution < 1.29 is 28.5 Å². The monoisotopic (exact) mass is 509 g/mol. The first-order valence-electron chi connectivity index (χ1n) is 11.6. The van der Waals surface area contributed by atoms with Gasteiger partial charge in [-0.1, -0.05) is 36.4 Å². The van der Waals surface area contributed by atoms with Crippen LogP contribution in [0.25, 0.3) is 6.08 Å². The van der Waals surface area contributed by atoms with E-state index in [1.54, 1.807) is 6.08 Å². The van der Waals surface area contributed by atoms with E-state index in [4.69, 9.17) is 9.84 Å². The second-order valence-corrected chi connectivity index (χ2v) is 9.63. The predicted molar refractivity (Wildman–Crippen MR) is 135 cm³/mol. The number of carboxylic acids is 1. The molecule has 0 saturated carbocycles. The van der Waals surface area contributed by atoms with Crippen molar-refractivity contribution in [1.29, 1.82) is 0 Å². The Morgan fingerprint density at radius 1 is 1.23 bits per heavy atom. The van der Waals surface area contributed by atoms with Crippen molar-refractivity contribution in [2.24, 2.45) is 5.92 Å². The molecule has 0 amide bonds. The number of aliphatic carboxylic acids is 1. The van der Waals surface area contributed by atoms with Crippen molar-refractivity contribution in [2.75, 3.05) is 13.2 Å². The van der Waals surface area contributed by atoms with Gasteiger partial charge < -0.3 is 20.3 Å². The summed E-state index contributed by atoms with van der Waals surface area (Å²) in [6.45, 7) is 4.25. The number of halogens is 3. The van der Waals surface area contributed by atoms with Gasteiger partial charge in [-0.3, -0.25) is 4.79 Å². The first-order chi connectivity index (χ1) is 16.1. The second-order valence-electron chi connectivity index (χ2n) is 9.63. The van der Waals surface area contributed by atoms with Gasteiger partial charge in [0.2, 0.25) is 5.82 Å². The Morgan fingerprint density at radius 3 is 2.51 bits per heavy atom. The average Bonchev–Trinajstić information content (AvgIpc) is 3.18. The third-order valence-electron chi connectivity index (χ3n) is 6.03. The third-order valence-corrected chi connectivity index (χ3v) is 6.03. The molecule has 8 heteroatoms. The van der Waals surface area contributed by atoms with E-state index < -0.39 is 23.7 Å². The van der Waals surface area contributed by atoms with E-state index in [2.05, 4.69) is 43.4 Å². The number of allylic oxidation sites excluding steroid dienone is 1. The van der Waals surface area contributed by atoms with Gasteiger partial charge in [0.25, 0.3) is 0 Å². The van der Waals surface area contributed by atoms with Crippen LogP contribution in [-0.4, -0.2) is 41.0 Å². The zero-order valence-corrected chi connectivity index (χ0v) is 20.9. The molecule has 0 aromatic heterocycles. The molecular weight excluding hydrogens is 476 g/mol. The summed E-state index contributed by atoms with van der Waals surface area (Å²) in [5.41, 5.74) is 2.96. The first kappa shape index (κ1) is 28.8. The number of carboxylic acid groups (broad SMARTS) is 1. The molecule has 3 N–H and O–H groups in total. The fourth-order valence-corrected chi connectivity index (χ4v) is 4.44. The molecule has 0 bridgehead atoms. The van der Waals surface area contributed by atoms with Crippen molar-refractivity contribution in [1.82, 2.24) is 5.32 Å². The predicted octanol–water partition coefficient (Wildman–Crippen LogP) is 5.18. The highest BCUT2D eigenvalue weighted by molar-refractivity contribution is 5.85. The molecule has 0 aliphatic heterocycles. The number of hydrogen-bond acceptors (Lipinski definition) is 4. The van der Waals surface area contributed by atoms with Gasteiger partial charge in [0, 0.05) is 18.5 Å². The number of hydrogen-bond donors (Lipinski definition) is 3. The molecule has 0 fully saturated rings. The molecule has 192 valence electrons. The highest BCUT2D eigenvalue weighted by Crippen LogP contribution is 2.32. The van der Waals surface area contributed by atoms with Crippen molar-refractivity contribution in [3.63, 3.8) is 0 Å². The van der Waals surface area contributed by atoms with E-state index in [1.165, 1.54) is 23.3 Å². The molecule has 2 aromatic carbocycles. The molecular formula is C27H34ClF2NO4. The van der Waals surface area contributed by atoms with Gasteiger partial charge in [-0.15, -0.1) is 12.4 Å². The first-order valence-corrected chi connectivity index (χ1v) is 11.6. The minimum absolute atomic E-state index is 0. The Hall–Kier alpha value is -2.48. The van der Waals surface area contributed by atoms with E-state index in [-0.39, 0.29) is 49.7 Å². The van der Waals surface area contributed by atoms with E-state index in [9.17, 15) is 18.7 Å². The Balaban J connectivity index is 0.00000432. The number of carbonyl (C=O) groups is 1. The van der Waals surface area contributed by atoms with E-state index in [1.807, 2.05) is 0 Å². The lowest BCUT2D eigenvalue weighted by Crippen LogP contribution is -2.46. The zero-order chi connectivity index (χ0) is 24.7. The maximum absolute atomic E-state index is 14.1. The number of aliphatic hydroxyl groups excluding tert-OH is 1. The van der Waals surface area contributed by atoms with Crippen LogP contribution in [0.1, 0.15) is 49.8 Å². The summed E-state index contributed by atoms with van der Waals surface area (Å²) < 4.78 is 33.5. The molecule has 1 aliphatic rings. The van der Waals surface area contributed by atoms with Crippen molar-refractivity contribution in [2.45, 2.75) is 57.6 Å². The molecule has 0 unspecified atom stereocenters. The van der Waals surface area contributed by atoms with Gasteiger partial charge in [-0.05, 0) is 74.3 Å². The molecule has 35 heavy (non-hydrogen) atoms. The molecule has 1 aliphatic carbocycles. The smallest absolute Gasteiger partial charge is 0.303 e. The third kappa shape index (κ3) is 8.91. The van der Waals surface area contributed by atoms with Gasteiger partial charge in [0.1, 0.15) is 12.7 Å². The van der Waals surface area contributed by atoms with Gasteiger partial charge in [-0.2, -0.15) is 4.39 Å². The van der Waals surface area contributed by atoms with Crippen molar-refractivity contribution in [3.8, 4) is 5.75 Å². The molecule has 0 heterocycles. The quantitative estimate of drug-likeness (QED) is 0.367. The van der Waals surface area contributed by atoms with Gasteiger partial charge >= 0.3 is 5.97 Å². The lowest BCUT2D eigenvalue weighted by molar-refractivity contribution is -0.136. The summed E-state index contributed by atoms with van der Waals surface area (Å²) in [5, 5.41) is 22.4. The Bertz CT molecular complexity index is 1000. The topological polar surface area (TPSA) is 78.8 Å². The maximum Gasteiger partial charge on any atom is 0.303 e. The summed E-state index contributed by atoms with van der Waals surface area (Å²) in [6.07, 6.45) is 5.47. The number of β-amino-alcohol motifs (C(OH)–C–C–N with tert-alkyl or cyclic N) is 1. The second kappa shape index (κ2) is 13.0. The van der Waals surface area contributed by atoms with Crippen LogP contribution in [0.2, 0.25) is 0 Å². The molecule has 5 nitrogen and oxygen atoms in total.